The molecule has 1 unspecified atom stereocenters. The molecule has 0 aromatic carbocycles. The maximum atomic E-state index is 12.0. The second kappa shape index (κ2) is 6.35. The number of rotatable bonds is 5. The fourth-order valence-corrected chi connectivity index (χ4v) is 2.86. The van der Waals surface area contributed by atoms with E-state index in [9.17, 15) is 14.7 Å². The van der Waals surface area contributed by atoms with E-state index < -0.39 is 11.9 Å². The normalized spacial score (nSPS) is 13.1. The van der Waals surface area contributed by atoms with Crippen LogP contribution in [0.2, 0.25) is 0 Å². The molecular formula is C14H22N2O3S. The van der Waals surface area contributed by atoms with Crippen molar-refractivity contribution < 1.29 is 14.7 Å². The van der Waals surface area contributed by atoms with Crippen LogP contribution in [0.1, 0.15) is 47.6 Å². The Balaban J connectivity index is 2.66. The van der Waals surface area contributed by atoms with E-state index in [1.54, 1.807) is 6.92 Å². The van der Waals surface area contributed by atoms with Gasteiger partial charge in [0.15, 0.2) is 0 Å². The smallest absolute Gasteiger partial charge is 0.308 e. The lowest BCUT2D eigenvalue weighted by Gasteiger charge is -2.23. The van der Waals surface area contributed by atoms with Crippen LogP contribution in [0.5, 0.6) is 0 Å². The highest BCUT2D eigenvalue weighted by Crippen LogP contribution is 2.24. The number of thiazole rings is 1. The molecule has 1 atom stereocenters. The lowest BCUT2D eigenvalue weighted by molar-refractivity contribution is -0.142. The van der Waals surface area contributed by atoms with Gasteiger partial charge in [-0.3, -0.25) is 9.59 Å². The highest BCUT2D eigenvalue weighted by atomic mass is 32.1. The van der Waals surface area contributed by atoms with Crippen molar-refractivity contribution in [3.05, 3.63) is 15.6 Å². The van der Waals surface area contributed by atoms with Gasteiger partial charge >= 0.3 is 5.97 Å². The summed E-state index contributed by atoms with van der Waals surface area (Å²) in [5, 5.41) is 12.8. The molecule has 1 amide bonds. The summed E-state index contributed by atoms with van der Waals surface area (Å²) >= 11 is 1.33. The lowest BCUT2D eigenvalue weighted by atomic mass is 9.84. The molecule has 0 saturated carbocycles. The van der Waals surface area contributed by atoms with Crippen molar-refractivity contribution in [3.8, 4) is 0 Å². The fraction of sp³-hybridized carbons (Fsp3) is 0.643. The first-order chi connectivity index (χ1) is 9.10. The van der Waals surface area contributed by atoms with Crippen LogP contribution in [0, 0.1) is 25.2 Å². The number of aryl methyl sites for hydroxylation is 2. The average molecular weight is 298 g/mol. The van der Waals surface area contributed by atoms with Crippen molar-refractivity contribution in [1.29, 1.82) is 0 Å². The predicted molar refractivity (Wildman–Crippen MR) is 79.1 cm³/mol. The third kappa shape index (κ3) is 4.92. The Bertz CT molecular complexity index is 503. The lowest BCUT2D eigenvalue weighted by Crippen LogP contribution is -2.34. The SMILES string of the molecule is Cc1nc(C)c(C(=O)NCC(CC(C)(C)C)C(=O)O)s1. The number of carboxylic acid groups (broad SMARTS) is 1. The molecule has 0 bridgehead atoms. The minimum atomic E-state index is -0.877. The molecule has 0 aliphatic carbocycles. The third-order valence-electron chi connectivity index (χ3n) is 2.83. The Morgan fingerprint density at radius 2 is 1.95 bits per heavy atom. The van der Waals surface area contributed by atoms with E-state index in [2.05, 4.69) is 10.3 Å². The molecule has 20 heavy (non-hydrogen) atoms. The monoisotopic (exact) mass is 298 g/mol. The second-order valence-electron chi connectivity index (χ2n) is 6.16. The van der Waals surface area contributed by atoms with Gasteiger partial charge < -0.3 is 10.4 Å². The topological polar surface area (TPSA) is 79.3 Å². The summed E-state index contributed by atoms with van der Waals surface area (Å²) in [6.07, 6.45) is 0.517. The summed E-state index contributed by atoms with van der Waals surface area (Å²) in [7, 11) is 0. The fourth-order valence-electron chi connectivity index (χ4n) is 2.02. The van der Waals surface area contributed by atoms with Crippen molar-refractivity contribution in [2.75, 3.05) is 6.54 Å². The Hall–Kier alpha value is -1.43. The molecule has 1 rings (SSSR count). The van der Waals surface area contributed by atoms with Crippen molar-refractivity contribution >= 4 is 23.2 Å². The molecule has 1 aromatic heterocycles. The van der Waals surface area contributed by atoms with Crippen LogP contribution in [0.3, 0.4) is 0 Å². The number of hydrogen-bond acceptors (Lipinski definition) is 4. The van der Waals surface area contributed by atoms with Crippen LogP contribution in [0.4, 0.5) is 0 Å². The summed E-state index contributed by atoms with van der Waals surface area (Å²) in [4.78, 5) is 28.0. The van der Waals surface area contributed by atoms with Gasteiger partial charge in [-0.1, -0.05) is 20.8 Å². The number of nitrogens with one attached hydrogen (secondary N) is 1. The van der Waals surface area contributed by atoms with Crippen molar-refractivity contribution in [2.24, 2.45) is 11.3 Å². The van der Waals surface area contributed by atoms with Crippen LogP contribution in [-0.4, -0.2) is 28.5 Å². The Morgan fingerprint density at radius 1 is 1.35 bits per heavy atom. The summed E-state index contributed by atoms with van der Waals surface area (Å²) in [5.41, 5.74) is 0.595. The molecule has 2 N–H and O–H groups in total. The molecular weight excluding hydrogens is 276 g/mol. The number of carbonyl (C=O) groups excluding carboxylic acids is 1. The van der Waals surface area contributed by atoms with Crippen molar-refractivity contribution in [1.82, 2.24) is 10.3 Å². The van der Waals surface area contributed by atoms with E-state index in [1.165, 1.54) is 11.3 Å². The first-order valence-corrected chi connectivity index (χ1v) is 7.37. The number of carboxylic acids is 1. The summed E-state index contributed by atoms with van der Waals surface area (Å²) in [6, 6.07) is 0. The number of amides is 1. The number of hydrogen-bond donors (Lipinski definition) is 2. The van der Waals surface area contributed by atoms with E-state index in [0.29, 0.717) is 17.0 Å². The molecule has 0 spiro atoms. The zero-order valence-corrected chi connectivity index (χ0v) is 13.4. The first kappa shape index (κ1) is 16.6. The van der Waals surface area contributed by atoms with Gasteiger partial charge in [-0.25, -0.2) is 4.98 Å². The van der Waals surface area contributed by atoms with Gasteiger partial charge in [0.25, 0.3) is 5.91 Å². The Kier molecular flexibility index (Phi) is 5.28. The Labute approximate surface area is 123 Å². The summed E-state index contributed by atoms with van der Waals surface area (Å²) in [5.74, 6) is -1.70. The number of carbonyl (C=O) groups is 2. The average Bonchev–Trinajstić information content (AvgIpc) is 2.61. The summed E-state index contributed by atoms with van der Waals surface area (Å²) < 4.78 is 0. The van der Waals surface area contributed by atoms with E-state index in [4.69, 9.17) is 0 Å². The molecule has 5 nitrogen and oxygen atoms in total. The van der Waals surface area contributed by atoms with Crippen LogP contribution in [-0.2, 0) is 4.79 Å². The molecule has 1 aromatic rings. The number of nitrogens with zero attached hydrogens (tertiary/aromatic N) is 1. The molecule has 0 fully saturated rings. The van der Waals surface area contributed by atoms with Crippen LogP contribution < -0.4 is 5.32 Å². The van der Waals surface area contributed by atoms with Crippen LogP contribution >= 0.6 is 11.3 Å². The van der Waals surface area contributed by atoms with Gasteiger partial charge in [-0.2, -0.15) is 0 Å². The van der Waals surface area contributed by atoms with Crippen LogP contribution in [0.25, 0.3) is 0 Å². The van der Waals surface area contributed by atoms with E-state index in [0.717, 1.165) is 5.01 Å². The van der Waals surface area contributed by atoms with Crippen molar-refractivity contribution in [3.63, 3.8) is 0 Å². The van der Waals surface area contributed by atoms with Gasteiger partial charge in [0.1, 0.15) is 4.88 Å². The first-order valence-electron chi connectivity index (χ1n) is 6.55. The minimum Gasteiger partial charge on any atom is -0.481 e. The molecule has 112 valence electrons. The van der Waals surface area contributed by atoms with Gasteiger partial charge in [0.2, 0.25) is 0 Å². The maximum absolute atomic E-state index is 12.0. The maximum Gasteiger partial charge on any atom is 0.308 e. The second-order valence-corrected chi connectivity index (χ2v) is 7.36. The van der Waals surface area contributed by atoms with E-state index >= 15 is 0 Å². The predicted octanol–water partition coefficient (Wildman–Crippen LogP) is 2.63. The zero-order valence-electron chi connectivity index (χ0n) is 12.6. The van der Waals surface area contributed by atoms with Gasteiger partial charge in [-0.05, 0) is 25.7 Å². The van der Waals surface area contributed by atoms with Gasteiger partial charge in [0, 0.05) is 6.54 Å². The quantitative estimate of drug-likeness (QED) is 0.875. The number of aliphatic carboxylic acids is 1. The highest BCUT2D eigenvalue weighted by molar-refractivity contribution is 7.13. The minimum absolute atomic E-state index is 0.0925. The highest BCUT2D eigenvalue weighted by Gasteiger charge is 2.25. The summed E-state index contributed by atoms with van der Waals surface area (Å²) in [6.45, 7) is 9.72. The van der Waals surface area contributed by atoms with Gasteiger partial charge in [0.05, 0.1) is 16.6 Å². The van der Waals surface area contributed by atoms with E-state index in [-0.39, 0.29) is 17.9 Å². The van der Waals surface area contributed by atoms with E-state index in [1.807, 2.05) is 27.7 Å². The molecule has 0 aliphatic heterocycles. The largest absolute Gasteiger partial charge is 0.481 e. The number of aromatic nitrogens is 1. The molecule has 0 aliphatic rings. The van der Waals surface area contributed by atoms with Crippen LogP contribution in [0.15, 0.2) is 0 Å². The standard InChI is InChI=1S/C14H22N2O3S/c1-8-11(20-9(2)16-8)12(17)15-7-10(13(18)19)6-14(3,4)5/h10H,6-7H2,1-5H3,(H,15,17)(H,18,19). The van der Waals surface area contributed by atoms with Crippen molar-refractivity contribution in [2.45, 2.75) is 41.0 Å². The molecule has 0 saturated heterocycles. The zero-order chi connectivity index (χ0) is 15.5. The molecule has 0 radical (unpaired) electrons. The third-order valence-corrected chi connectivity index (χ3v) is 3.90. The van der Waals surface area contributed by atoms with Gasteiger partial charge in [-0.15, -0.1) is 11.3 Å². The Morgan fingerprint density at radius 3 is 2.35 bits per heavy atom. The molecule has 1 heterocycles. The molecule has 6 heteroatoms.